The average Bonchev–Trinajstić information content (AvgIpc) is 2.91. The molecule has 214 valence electrons. The van der Waals surface area contributed by atoms with Gasteiger partial charge in [-0.25, -0.2) is 13.2 Å². The number of ether oxygens (including phenoxy) is 1. The van der Waals surface area contributed by atoms with Crippen LogP contribution in [-0.2, 0) is 29.4 Å². The summed E-state index contributed by atoms with van der Waals surface area (Å²) in [4.78, 5) is 10.8. The Morgan fingerprint density at radius 1 is 0.900 bits per heavy atom. The van der Waals surface area contributed by atoms with E-state index in [-0.39, 0.29) is 38.5 Å². The second kappa shape index (κ2) is 12.0. The minimum atomic E-state index is -4.19. The second-order valence-corrected chi connectivity index (χ2v) is 14.1. The third kappa shape index (κ3) is 7.24. The number of hydrogen-bond acceptors (Lipinski definition) is 7. The molecule has 0 aliphatic rings. The summed E-state index contributed by atoms with van der Waals surface area (Å²) in [5.41, 5.74) is 2.03. The molecule has 2 unspecified atom stereocenters. The minimum Gasteiger partial charge on any atom is -0.493 e. The Balaban J connectivity index is 1.79. The van der Waals surface area contributed by atoms with Crippen molar-refractivity contribution in [3.63, 3.8) is 0 Å². The fraction of sp³-hybridized carbons (Fsp3) is 0.276. The van der Waals surface area contributed by atoms with Crippen molar-refractivity contribution in [3.8, 4) is 11.5 Å². The highest BCUT2D eigenvalue weighted by atomic mass is 35.7. The van der Waals surface area contributed by atoms with Crippen LogP contribution in [0.15, 0.2) is 82.6 Å². The number of rotatable bonds is 11. The molecule has 0 aromatic heterocycles. The molecule has 0 fully saturated rings. The van der Waals surface area contributed by atoms with Crippen molar-refractivity contribution in [2.24, 2.45) is 5.92 Å². The van der Waals surface area contributed by atoms with Gasteiger partial charge in [0.05, 0.1) is 12.0 Å². The molecule has 3 aromatic carbocycles. The lowest BCUT2D eigenvalue weighted by molar-refractivity contribution is -0.131. The van der Waals surface area contributed by atoms with Crippen molar-refractivity contribution in [1.29, 1.82) is 0 Å². The quantitative estimate of drug-likeness (QED) is 0.155. The van der Waals surface area contributed by atoms with Crippen LogP contribution in [0.25, 0.3) is 6.08 Å². The molecule has 0 spiro atoms. The van der Waals surface area contributed by atoms with E-state index in [2.05, 4.69) is 27.7 Å². The van der Waals surface area contributed by atoms with Crippen LogP contribution in [0.2, 0.25) is 0 Å². The molecule has 0 heterocycles. The fourth-order valence-electron chi connectivity index (χ4n) is 4.35. The van der Waals surface area contributed by atoms with Crippen LogP contribution in [0.5, 0.6) is 11.5 Å². The lowest BCUT2D eigenvalue weighted by Gasteiger charge is -2.37. The molecule has 40 heavy (non-hydrogen) atoms. The maximum absolute atomic E-state index is 13.0. The van der Waals surface area contributed by atoms with E-state index >= 15 is 0 Å². The number of hydrogen-bond donors (Lipinski definition) is 1. The van der Waals surface area contributed by atoms with Crippen LogP contribution < -0.4 is 8.92 Å². The maximum Gasteiger partial charge on any atom is 0.339 e. The predicted molar refractivity (Wildman–Crippen MR) is 154 cm³/mol. The molecule has 3 aromatic rings. The van der Waals surface area contributed by atoms with Gasteiger partial charge in [0.2, 0.25) is 0 Å². The van der Waals surface area contributed by atoms with E-state index in [9.17, 15) is 21.6 Å². The van der Waals surface area contributed by atoms with E-state index in [0.717, 1.165) is 17.2 Å². The highest BCUT2D eigenvalue weighted by molar-refractivity contribution is 8.13. The number of carboxylic acids is 1. The Bertz CT molecular complexity index is 1610. The first kappa shape index (κ1) is 31.2. The second-order valence-electron chi connectivity index (χ2n) is 9.95. The predicted octanol–water partition coefficient (Wildman–Crippen LogP) is 6.21. The summed E-state index contributed by atoms with van der Waals surface area (Å²) in [5.74, 6) is -0.903. The highest BCUT2D eigenvalue weighted by Gasteiger charge is 2.33. The molecule has 0 aliphatic carbocycles. The molecule has 3 rings (SSSR count). The molecule has 0 saturated carbocycles. The number of benzene rings is 3. The SMILES string of the molecule is COc1cc(/C=C/C(=O)O)ccc1OS(=O)(=O)c1ccc(C(C)C(C)C(C)(C)c2ccc(S(=O)(=O)Cl)cc2)cc1. The Morgan fingerprint density at radius 2 is 1.48 bits per heavy atom. The summed E-state index contributed by atoms with van der Waals surface area (Å²) < 4.78 is 59.8. The number of carboxylic acid groups (broad SMARTS) is 1. The van der Waals surface area contributed by atoms with Gasteiger partial charge in [-0.1, -0.05) is 58.0 Å². The fourth-order valence-corrected chi connectivity index (χ4v) is 6.06. The van der Waals surface area contributed by atoms with E-state index in [1.807, 2.05) is 0 Å². The van der Waals surface area contributed by atoms with Gasteiger partial charge in [-0.15, -0.1) is 0 Å². The van der Waals surface area contributed by atoms with Crippen LogP contribution in [0.3, 0.4) is 0 Å². The van der Waals surface area contributed by atoms with E-state index in [0.29, 0.717) is 5.56 Å². The van der Waals surface area contributed by atoms with Gasteiger partial charge in [0, 0.05) is 16.8 Å². The molecule has 1 N–H and O–H groups in total. The molecule has 0 bridgehead atoms. The first-order valence-corrected chi connectivity index (χ1v) is 16.0. The molecule has 0 aliphatic heterocycles. The van der Waals surface area contributed by atoms with Gasteiger partial charge < -0.3 is 14.0 Å². The van der Waals surface area contributed by atoms with Crippen LogP contribution in [0, 0.1) is 5.92 Å². The average molecular weight is 607 g/mol. The Labute approximate surface area is 239 Å². The summed E-state index contributed by atoms with van der Waals surface area (Å²) in [6.07, 6.45) is 2.31. The lowest BCUT2D eigenvalue weighted by Crippen LogP contribution is -2.30. The minimum absolute atomic E-state index is 0.0237. The van der Waals surface area contributed by atoms with Crippen LogP contribution in [0.4, 0.5) is 0 Å². The van der Waals surface area contributed by atoms with Crippen molar-refractivity contribution in [1.82, 2.24) is 0 Å². The van der Waals surface area contributed by atoms with Gasteiger partial charge in [-0.2, -0.15) is 8.42 Å². The molecule has 8 nitrogen and oxygen atoms in total. The zero-order chi connectivity index (χ0) is 29.9. The number of aliphatic carboxylic acids is 1. The smallest absolute Gasteiger partial charge is 0.339 e. The Kier molecular flexibility index (Phi) is 9.39. The Morgan fingerprint density at radius 3 is 2.00 bits per heavy atom. The summed E-state index contributed by atoms with van der Waals surface area (Å²) in [7, 11) is -1.20. The number of methoxy groups -OCH3 is 1. The molecule has 11 heteroatoms. The molecule has 0 saturated heterocycles. The van der Waals surface area contributed by atoms with Gasteiger partial charge in [0.15, 0.2) is 11.5 Å². The van der Waals surface area contributed by atoms with E-state index in [1.54, 1.807) is 24.3 Å². The Hall–Kier alpha value is -3.34. The van der Waals surface area contributed by atoms with Crippen molar-refractivity contribution < 1.29 is 35.7 Å². The maximum atomic E-state index is 13.0. The van der Waals surface area contributed by atoms with Gasteiger partial charge in [0.25, 0.3) is 9.05 Å². The first-order chi connectivity index (χ1) is 18.6. The molecule has 0 amide bonds. The van der Waals surface area contributed by atoms with Crippen molar-refractivity contribution in [2.45, 2.75) is 48.8 Å². The van der Waals surface area contributed by atoms with E-state index < -0.39 is 25.1 Å². The highest BCUT2D eigenvalue weighted by Crippen LogP contribution is 2.41. The van der Waals surface area contributed by atoms with Crippen molar-refractivity contribution in [3.05, 3.63) is 89.5 Å². The van der Waals surface area contributed by atoms with Crippen molar-refractivity contribution in [2.75, 3.05) is 7.11 Å². The summed E-state index contributed by atoms with van der Waals surface area (Å²) in [6.45, 7) is 8.28. The van der Waals surface area contributed by atoms with Gasteiger partial charge in [-0.05, 0) is 76.4 Å². The summed E-state index contributed by atoms with van der Waals surface area (Å²) >= 11 is 0. The molecule has 0 radical (unpaired) electrons. The molecule has 2 atom stereocenters. The monoisotopic (exact) mass is 606 g/mol. The van der Waals surface area contributed by atoms with Crippen LogP contribution in [0.1, 0.15) is 50.3 Å². The van der Waals surface area contributed by atoms with Crippen LogP contribution in [-0.4, -0.2) is 35.0 Å². The zero-order valence-corrected chi connectivity index (χ0v) is 25.0. The summed E-state index contributed by atoms with van der Waals surface area (Å²) in [6, 6.07) is 17.3. The van der Waals surface area contributed by atoms with Crippen molar-refractivity contribution >= 4 is 41.9 Å². The van der Waals surface area contributed by atoms with Gasteiger partial charge >= 0.3 is 16.1 Å². The van der Waals surface area contributed by atoms with E-state index in [4.69, 9.17) is 24.7 Å². The van der Waals surface area contributed by atoms with Crippen LogP contribution >= 0.6 is 10.7 Å². The zero-order valence-electron chi connectivity index (χ0n) is 22.7. The standard InChI is InChI=1S/C29H31ClO8S2/c1-19(20(2)29(3,4)23-10-14-24(15-11-23)39(30,33)34)22-8-12-25(13-9-22)40(35,36)38-26-16-6-21(7-17-28(31)32)18-27(26)37-5/h6-20H,1-5H3,(H,31,32)/b17-7+. The summed E-state index contributed by atoms with van der Waals surface area (Å²) in [5, 5.41) is 8.80. The largest absolute Gasteiger partial charge is 0.493 e. The topological polar surface area (TPSA) is 124 Å². The third-order valence-corrected chi connectivity index (χ3v) is 9.89. The molecular weight excluding hydrogens is 576 g/mol. The normalized spacial score (nSPS) is 14.1. The van der Waals surface area contributed by atoms with Gasteiger partial charge in [-0.3, -0.25) is 0 Å². The number of halogens is 1. The molecular formula is C29H31ClO8S2. The number of carbonyl (C=O) groups is 1. The first-order valence-electron chi connectivity index (χ1n) is 12.2. The van der Waals surface area contributed by atoms with E-state index in [1.165, 1.54) is 55.7 Å². The lowest BCUT2D eigenvalue weighted by atomic mass is 9.68. The third-order valence-electron chi connectivity index (χ3n) is 7.27. The van der Waals surface area contributed by atoms with Gasteiger partial charge in [0.1, 0.15) is 4.90 Å².